The Labute approximate surface area is 305 Å². The summed E-state index contributed by atoms with van der Waals surface area (Å²) in [6.45, 7) is 8.66. The van der Waals surface area contributed by atoms with Crippen molar-refractivity contribution in [3.05, 3.63) is 152 Å². The minimum atomic E-state index is -0.0134. The maximum absolute atomic E-state index is 6.48. The van der Waals surface area contributed by atoms with Crippen molar-refractivity contribution in [3.63, 3.8) is 0 Å². The fraction of sp³-hybridized carbons (Fsp3) is 0.0952. The molecule has 0 fully saturated rings. The number of para-hydroxylation sites is 1. The van der Waals surface area contributed by atoms with E-state index in [2.05, 4.69) is 103 Å². The van der Waals surface area contributed by atoms with Crippen molar-refractivity contribution in [2.75, 3.05) is 9.80 Å². The fourth-order valence-electron chi connectivity index (χ4n) is 6.57. The van der Waals surface area contributed by atoms with Crippen molar-refractivity contribution >= 4 is 55.6 Å². The van der Waals surface area contributed by atoms with Gasteiger partial charge in [0.25, 0.3) is 0 Å². The molecular formula is C42H31N6OPt-3. The van der Waals surface area contributed by atoms with Gasteiger partial charge >= 0.3 is 0 Å². The third-order valence-electron chi connectivity index (χ3n) is 9.00. The molecule has 248 valence electrons. The zero-order valence-corrected chi connectivity index (χ0v) is 29.9. The van der Waals surface area contributed by atoms with Gasteiger partial charge in [-0.1, -0.05) is 74.4 Å². The molecule has 0 spiro atoms. The Morgan fingerprint density at radius 2 is 1.42 bits per heavy atom. The van der Waals surface area contributed by atoms with Crippen LogP contribution < -0.4 is 14.5 Å². The minimum Gasteiger partial charge on any atom is -0.509 e. The molecule has 1 aliphatic rings. The number of hydrogen-bond acceptors (Lipinski definition) is 6. The molecule has 0 N–H and O–H groups in total. The second kappa shape index (κ2) is 12.4. The molecule has 5 heterocycles. The van der Waals surface area contributed by atoms with Gasteiger partial charge in [-0.3, -0.25) is 0 Å². The van der Waals surface area contributed by atoms with Gasteiger partial charge < -0.3 is 19.1 Å². The molecule has 50 heavy (non-hydrogen) atoms. The van der Waals surface area contributed by atoms with Crippen LogP contribution in [0.25, 0.3) is 38.4 Å². The fourth-order valence-corrected chi connectivity index (χ4v) is 6.57. The Kier molecular flexibility index (Phi) is 7.88. The summed E-state index contributed by atoms with van der Waals surface area (Å²) in [7, 11) is 0. The van der Waals surface area contributed by atoms with Crippen LogP contribution in [0.2, 0.25) is 0 Å². The molecule has 0 amide bonds. The van der Waals surface area contributed by atoms with Crippen LogP contribution in [0, 0.1) is 18.8 Å². The molecule has 0 bridgehead atoms. The van der Waals surface area contributed by atoms with Crippen molar-refractivity contribution in [2.45, 2.75) is 26.2 Å². The predicted molar refractivity (Wildman–Crippen MR) is 196 cm³/mol. The monoisotopic (exact) mass is 830 g/mol. The smallest absolute Gasteiger partial charge is 0.135 e. The molecule has 0 saturated heterocycles. The first-order chi connectivity index (χ1) is 23.9. The number of benzene rings is 4. The molecule has 8 aromatic rings. The van der Waals surface area contributed by atoms with Gasteiger partial charge in [-0.05, 0) is 58.1 Å². The Morgan fingerprint density at radius 3 is 2.30 bits per heavy atom. The van der Waals surface area contributed by atoms with E-state index in [1.54, 1.807) is 6.20 Å². The molecule has 0 radical (unpaired) electrons. The van der Waals surface area contributed by atoms with Crippen LogP contribution in [0.1, 0.15) is 26.3 Å². The van der Waals surface area contributed by atoms with E-state index in [0.29, 0.717) is 11.5 Å². The number of ether oxygens (including phenoxy) is 1. The average molecular weight is 831 g/mol. The molecule has 0 aliphatic carbocycles. The molecule has 1 aliphatic heterocycles. The van der Waals surface area contributed by atoms with E-state index in [4.69, 9.17) is 19.7 Å². The predicted octanol–water partition coefficient (Wildman–Crippen LogP) is 10.2. The van der Waals surface area contributed by atoms with E-state index < -0.39 is 0 Å². The normalized spacial score (nSPS) is 12.8. The van der Waals surface area contributed by atoms with Crippen molar-refractivity contribution in [2.24, 2.45) is 0 Å². The van der Waals surface area contributed by atoms with Crippen LogP contribution >= 0.6 is 0 Å². The number of aromatic nitrogens is 4. The van der Waals surface area contributed by atoms with Gasteiger partial charge in [-0.2, -0.15) is 12.1 Å². The molecule has 4 aromatic carbocycles. The Morgan fingerprint density at radius 1 is 0.640 bits per heavy atom. The molecular weight excluding hydrogens is 800 g/mol. The summed E-state index contributed by atoms with van der Waals surface area (Å²) >= 11 is 0. The molecule has 4 aromatic heterocycles. The van der Waals surface area contributed by atoms with Crippen LogP contribution in [-0.4, -0.2) is 19.5 Å². The van der Waals surface area contributed by atoms with Crippen molar-refractivity contribution < 1.29 is 25.8 Å². The van der Waals surface area contributed by atoms with Crippen LogP contribution in [0.5, 0.6) is 11.5 Å². The quantitative estimate of drug-likeness (QED) is 0.161. The standard InChI is InChI=1S/C42H31N6O.Pt/c1-42(2,3)29-20-23-43-39(24-29)48-36-15-7-6-14-34(36)35-18-17-32(26-38(35)48)49-31-12-8-11-30(25-31)46-27-47(37-16-9-21-44-41(37)46)40-33-13-5-4-10-28(33)19-22-45-40;/h4-24,27H,1-3H3;/q-3;. The summed E-state index contributed by atoms with van der Waals surface area (Å²) in [5.74, 6) is 3.62. The van der Waals surface area contributed by atoms with E-state index in [-0.39, 0.29) is 26.5 Å². The topological polar surface area (TPSA) is 59.3 Å². The van der Waals surface area contributed by atoms with Crippen LogP contribution in [0.15, 0.2) is 128 Å². The van der Waals surface area contributed by atoms with Gasteiger partial charge in [0.2, 0.25) is 0 Å². The van der Waals surface area contributed by atoms with Gasteiger partial charge in [0, 0.05) is 62.1 Å². The summed E-state index contributed by atoms with van der Waals surface area (Å²) < 4.78 is 8.65. The zero-order chi connectivity index (χ0) is 33.1. The number of nitrogens with zero attached hydrogens (tertiary/aromatic N) is 6. The Balaban J connectivity index is 0.00000361. The molecule has 9 rings (SSSR count). The van der Waals surface area contributed by atoms with E-state index >= 15 is 0 Å². The summed E-state index contributed by atoms with van der Waals surface area (Å²) in [5.41, 5.74) is 4.89. The molecule has 0 saturated carbocycles. The van der Waals surface area contributed by atoms with E-state index in [9.17, 15) is 0 Å². The maximum Gasteiger partial charge on any atom is 0.135 e. The number of anilines is 4. The van der Waals surface area contributed by atoms with Gasteiger partial charge in [-0.25, -0.2) is 15.0 Å². The largest absolute Gasteiger partial charge is 0.509 e. The van der Waals surface area contributed by atoms with Gasteiger partial charge in [0.1, 0.15) is 17.5 Å². The SMILES string of the molecule is CC(C)(C)c1ccnc(-n2c3[c-]c(Oc4[c-]c(N5[CH-]N(c6nccc7ccccc67)c6cccnc65)ccc4)ccc3c3ccccc32)c1.[Pt]. The third kappa shape index (κ3) is 5.39. The second-order valence-corrected chi connectivity index (χ2v) is 13.1. The maximum atomic E-state index is 6.48. The van der Waals surface area contributed by atoms with Gasteiger partial charge in [0.15, 0.2) is 0 Å². The number of fused-ring (bicyclic) bond motifs is 5. The summed E-state index contributed by atoms with van der Waals surface area (Å²) in [6.07, 6.45) is 5.53. The molecule has 8 heteroatoms. The van der Waals surface area contributed by atoms with E-state index in [1.807, 2.05) is 72.5 Å². The van der Waals surface area contributed by atoms with E-state index in [0.717, 1.165) is 61.4 Å². The van der Waals surface area contributed by atoms with E-state index in [1.165, 1.54) is 5.56 Å². The summed E-state index contributed by atoms with van der Waals surface area (Å²) in [4.78, 5) is 18.4. The molecule has 7 nitrogen and oxygen atoms in total. The summed E-state index contributed by atoms with van der Waals surface area (Å²) in [6, 6.07) is 43.9. The minimum absolute atomic E-state index is 0. The first kappa shape index (κ1) is 31.7. The first-order valence-corrected chi connectivity index (χ1v) is 16.3. The Bertz CT molecular complexity index is 2530. The van der Waals surface area contributed by atoms with Gasteiger partial charge in [-0.15, -0.1) is 42.4 Å². The average Bonchev–Trinajstić information content (AvgIpc) is 3.67. The number of pyridine rings is 3. The molecule has 0 atom stereocenters. The third-order valence-corrected chi connectivity index (χ3v) is 9.00. The summed E-state index contributed by atoms with van der Waals surface area (Å²) in [5, 5.41) is 4.40. The van der Waals surface area contributed by atoms with Crippen molar-refractivity contribution in [1.29, 1.82) is 0 Å². The van der Waals surface area contributed by atoms with Crippen LogP contribution in [0.3, 0.4) is 0 Å². The molecule has 0 unspecified atom stereocenters. The van der Waals surface area contributed by atoms with Crippen LogP contribution in [-0.2, 0) is 26.5 Å². The zero-order valence-electron chi connectivity index (χ0n) is 27.6. The van der Waals surface area contributed by atoms with Crippen LogP contribution in [0.4, 0.5) is 23.0 Å². The number of hydrogen-bond donors (Lipinski definition) is 0. The van der Waals surface area contributed by atoms with Gasteiger partial charge in [0.05, 0.1) is 5.69 Å². The Hall–Kier alpha value is -5.52. The number of rotatable bonds is 5. The van der Waals surface area contributed by atoms with Crippen molar-refractivity contribution in [1.82, 2.24) is 19.5 Å². The second-order valence-electron chi connectivity index (χ2n) is 13.1. The first-order valence-electron chi connectivity index (χ1n) is 16.3. The van der Waals surface area contributed by atoms with Crippen molar-refractivity contribution in [3.8, 4) is 17.3 Å².